The Hall–Kier alpha value is -3.92. The fraction of sp³-hybridized carbons (Fsp3) is 0.333. The van der Waals surface area contributed by atoms with E-state index in [1.165, 1.54) is 29.0 Å². The zero-order valence-corrected chi connectivity index (χ0v) is 19.8. The van der Waals surface area contributed by atoms with Gasteiger partial charge in [-0.25, -0.2) is 9.50 Å². The molecule has 37 heavy (non-hydrogen) atoms. The Morgan fingerprint density at radius 1 is 1.27 bits per heavy atom. The molecule has 0 fully saturated rings. The van der Waals surface area contributed by atoms with E-state index < -0.39 is 37.0 Å². The minimum Gasteiger partial charge on any atom is -0.434 e. The van der Waals surface area contributed by atoms with Crippen molar-refractivity contribution < 1.29 is 22.4 Å². The van der Waals surface area contributed by atoms with Crippen LogP contribution in [0.5, 0.6) is 5.75 Å². The third-order valence-corrected chi connectivity index (χ3v) is 7.83. The number of ether oxygens (including phenoxy) is 1. The molecule has 2 aliphatic carbocycles. The predicted molar refractivity (Wildman–Crippen MR) is 130 cm³/mol. The number of carbonyl (C=O) groups excluding carboxylic acids is 1. The number of aryl methyl sites for hydroxylation is 1. The Morgan fingerprint density at radius 2 is 2.14 bits per heavy atom. The minimum absolute atomic E-state index is 0.0220. The maximum atomic E-state index is 13.6. The number of benzene rings is 1. The number of carbonyl (C=O) groups is 1. The van der Waals surface area contributed by atoms with Crippen molar-refractivity contribution in [1.29, 1.82) is 0 Å². The summed E-state index contributed by atoms with van der Waals surface area (Å²) in [6.07, 6.45) is 5.03. The van der Waals surface area contributed by atoms with Crippen molar-refractivity contribution in [3.63, 3.8) is 0 Å². The van der Waals surface area contributed by atoms with Crippen LogP contribution in [0.1, 0.15) is 74.3 Å². The van der Waals surface area contributed by atoms with Crippen molar-refractivity contribution in [2.24, 2.45) is 5.73 Å². The van der Waals surface area contributed by atoms with Gasteiger partial charge in [0.1, 0.15) is 12.1 Å². The summed E-state index contributed by atoms with van der Waals surface area (Å²) in [4.78, 5) is 23.6. The summed E-state index contributed by atoms with van der Waals surface area (Å²) in [5.41, 5.74) is 11.2. The van der Waals surface area contributed by atoms with E-state index in [4.69, 9.17) is 14.6 Å². The molecular weight excluding hydrogens is 478 g/mol. The number of nitrogens with zero attached hydrogens (tertiary/aromatic N) is 5. The van der Waals surface area contributed by atoms with Gasteiger partial charge in [0.2, 0.25) is 0 Å². The summed E-state index contributed by atoms with van der Waals surface area (Å²) in [7, 11) is 0. The number of pyridine rings is 1. The van der Waals surface area contributed by atoms with E-state index >= 15 is 0 Å². The Balaban J connectivity index is 1.43. The molecule has 1 aliphatic heterocycles. The molecule has 2 N–H and O–H groups in total. The summed E-state index contributed by atoms with van der Waals surface area (Å²) in [6, 6.07) is 7.21. The second-order valence-electron chi connectivity index (χ2n) is 10.1. The third-order valence-electron chi connectivity index (χ3n) is 7.83. The molecule has 0 saturated heterocycles. The minimum atomic E-state index is -3.12. The van der Waals surface area contributed by atoms with Crippen LogP contribution in [0, 0.1) is 0 Å². The highest BCUT2D eigenvalue weighted by molar-refractivity contribution is 5.98. The van der Waals surface area contributed by atoms with Gasteiger partial charge in [0.25, 0.3) is 5.91 Å². The summed E-state index contributed by atoms with van der Waals surface area (Å²) in [5, 5.41) is 4.64. The first-order valence-corrected chi connectivity index (χ1v) is 12.0. The van der Waals surface area contributed by atoms with Gasteiger partial charge in [-0.05, 0) is 56.0 Å². The number of aromatic nitrogens is 4. The SMILES string of the molecule is [2H]C([2H])([2H])N1C(=O)c2cccc(OC(F)F)c2[C@H]2C[C@@H]1c1nn3cnc(-c4cnc5c(c4)CC[C@]5(C)N)cc3c12. The molecule has 4 aromatic rings. The molecule has 3 atom stereocenters. The van der Waals surface area contributed by atoms with E-state index in [9.17, 15) is 13.6 Å². The van der Waals surface area contributed by atoms with Crippen molar-refractivity contribution in [3.8, 4) is 17.0 Å². The van der Waals surface area contributed by atoms with Gasteiger partial charge in [-0.1, -0.05) is 6.07 Å². The highest BCUT2D eigenvalue weighted by Crippen LogP contribution is 2.53. The van der Waals surface area contributed by atoms with Crippen molar-refractivity contribution >= 4 is 11.4 Å². The van der Waals surface area contributed by atoms with E-state index in [1.54, 1.807) is 6.20 Å². The highest BCUT2D eigenvalue weighted by atomic mass is 19.3. The van der Waals surface area contributed by atoms with Crippen molar-refractivity contribution in [3.05, 3.63) is 76.5 Å². The van der Waals surface area contributed by atoms with Gasteiger partial charge >= 0.3 is 6.61 Å². The molecule has 0 radical (unpaired) electrons. The Kier molecular flexibility index (Phi) is 3.92. The lowest BCUT2D eigenvalue weighted by Gasteiger charge is -2.23. The molecular formula is C27H24F2N6O2. The molecule has 3 aromatic heterocycles. The lowest BCUT2D eigenvalue weighted by atomic mass is 9.88. The quantitative estimate of drug-likeness (QED) is 0.449. The van der Waals surface area contributed by atoms with Gasteiger partial charge in [-0.15, -0.1) is 0 Å². The zero-order chi connectivity index (χ0) is 28.1. The first kappa shape index (κ1) is 19.2. The summed E-state index contributed by atoms with van der Waals surface area (Å²) < 4.78 is 57.7. The van der Waals surface area contributed by atoms with Crippen LogP contribution in [0.15, 0.2) is 42.9 Å². The number of rotatable bonds is 3. The molecule has 1 aromatic carbocycles. The van der Waals surface area contributed by atoms with Crippen LogP contribution < -0.4 is 10.5 Å². The van der Waals surface area contributed by atoms with E-state index in [0.717, 1.165) is 34.6 Å². The summed E-state index contributed by atoms with van der Waals surface area (Å²) >= 11 is 0. The Labute approximate surface area is 215 Å². The number of alkyl halides is 2. The number of hydrogen-bond donors (Lipinski definition) is 1. The Morgan fingerprint density at radius 3 is 2.95 bits per heavy atom. The second kappa shape index (κ2) is 7.55. The molecule has 188 valence electrons. The molecule has 2 bridgehead atoms. The van der Waals surface area contributed by atoms with Crippen molar-refractivity contribution in [2.45, 2.75) is 50.3 Å². The van der Waals surface area contributed by atoms with Crippen LogP contribution in [0.3, 0.4) is 0 Å². The van der Waals surface area contributed by atoms with Gasteiger partial charge in [-0.2, -0.15) is 13.9 Å². The molecule has 0 spiro atoms. The topological polar surface area (TPSA) is 98.6 Å². The monoisotopic (exact) mass is 505 g/mol. The largest absolute Gasteiger partial charge is 0.434 e. The van der Waals surface area contributed by atoms with E-state index in [0.29, 0.717) is 22.5 Å². The first-order valence-electron chi connectivity index (χ1n) is 13.5. The number of amides is 1. The van der Waals surface area contributed by atoms with Crippen LogP contribution in [0.25, 0.3) is 16.8 Å². The smallest absolute Gasteiger partial charge is 0.387 e. The maximum Gasteiger partial charge on any atom is 0.387 e. The van der Waals surface area contributed by atoms with Crippen LogP contribution in [0.2, 0.25) is 0 Å². The molecule has 1 amide bonds. The van der Waals surface area contributed by atoms with Gasteiger partial charge in [0, 0.05) is 45.5 Å². The normalized spacial score (nSPS) is 25.4. The fourth-order valence-electron chi connectivity index (χ4n) is 6.13. The van der Waals surface area contributed by atoms with Crippen molar-refractivity contribution in [1.82, 2.24) is 24.5 Å². The lowest BCUT2D eigenvalue weighted by Crippen LogP contribution is -2.30. The first-order chi connectivity index (χ1) is 18.9. The fourth-order valence-corrected chi connectivity index (χ4v) is 6.13. The van der Waals surface area contributed by atoms with E-state index in [-0.39, 0.29) is 23.3 Å². The molecule has 0 saturated carbocycles. The van der Waals surface area contributed by atoms with Gasteiger partial charge in [0.05, 0.1) is 34.2 Å². The van der Waals surface area contributed by atoms with Gasteiger partial charge < -0.3 is 15.4 Å². The van der Waals surface area contributed by atoms with Crippen LogP contribution >= 0.6 is 0 Å². The van der Waals surface area contributed by atoms with E-state index in [1.807, 2.05) is 19.1 Å². The average molecular weight is 506 g/mol. The molecule has 10 heteroatoms. The lowest BCUT2D eigenvalue weighted by molar-refractivity contribution is -0.0505. The predicted octanol–water partition coefficient (Wildman–Crippen LogP) is 4.18. The maximum absolute atomic E-state index is 13.6. The summed E-state index contributed by atoms with van der Waals surface area (Å²) in [6.45, 7) is -3.95. The molecule has 8 nitrogen and oxygen atoms in total. The van der Waals surface area contributed by atoms with Crippen molar-refractivity contribution in [2.75, 3.05) is 6.98 Å². The molecule has 0 unspecified atom stereocenters. The number of hydrogen-bond acceptors (Lipinski definition) is 6. The summed E-state index contributed by atoms with van der Waals surface area (Å²) in [5.74, 6) is -1.55. The third kappa shape index (κ3) is 3.14. The Bertz CT molecular complexity index is 1720. The van der Waals surface area contributed by atoms with E-state index in [2.05, 4.69) is 15.1 Å². The van der Waals surface area contributed by atoms with Gasteiger partial charge in [-0.3, -0.25) is 9.78 Å². The standard InChI is InChI=1S/C27H24F2N6O2/c1-27(30)7-6-13-8-14(11-31-24(13)27)17-10-18-22-16-9-19(23(22)33-35(18)12-32-17)34(2)25(36)15-4-3-5-20(21(15)16)37-26(28)29/h3-5,8,10-12,16,19,26H,6-7,9,30H2,1-2H3/t16-,19-,27+/m1/s1/i2D3. The van der Waals surface area contributed by atoms with Crippen LogP contribution in [-0.2, 0) is 12.0 Å². The number of fused-ring (bicyclic) bond motifs is 10. The average Bonchev–Trinajstić information content (AvgIpc) is 3.49. The molecule has 4 heterocycles. The van der Waals surface area contributed by atoms with Gasteiger partial charge in [0.15, 0.2) is 0 Å². The number of halogens is 2. The molecule has 3 aliphatic rings. The highest BCUT2D eigenvalue weighted by Gasteiger charge is 2.46. The zero-order valence-electron chi connectivity index (χ0n) is 22.8. The van der Waals surface area contributed by atoms with Crippen LogP contribution in [-0.4, -0.2) is 44.0 Å². The molecule has 7 rings (SSSR count). The second-order valence-corrected chi connectivity index (χ2v) is 10.1. The number of nitrogens with two attached hydrogens (primary N) is 1. The van der Waals surface area contributed by atoms with Crippen LogP contribution in [0.4, 0.5) is 8.78 Å².